The highest BCUT2D eigenvalue weighted by Gasteiger charge is 2.26. The van der Waals surface area contributed by atoms with Crippen molar-refractivity contribution in [2.75, 3.05) is 6.54 Å². The van der Waals surface area contributed by atoms with Crippen molar-refractivity contribution in [1.82, 2.24) is 15.1 Å². The Labute approximate surface area is 102 Å². The van der Waals surface area contributed by atoms with E-state index in [1.54, 1.807) is 6.26 Å². The van der Waals surface area contributed by atoms with Crippen molar-refractivity contribution < 1.29 is 4.42 Å². The molecule has 0 aromatic carbocycles. The van der Waals surface area contributed by atoms with E-state index in [1.807, 2.05) is 23.9 Å². The minimum Gasteiger partial charge on any atom is -0.469 e. The van der Waals surface area contributed by atoms with Gasteiger partial charge in [0.2, 0.25) is 0 Å². The number of hydrogen-bond donors (Lipinski definition) is 1. The first-order valence-corrected chi connectivity index (χ1v) is 6.04. The van der Waals surface area contributed by atoms with Crippen LogP contribution in [0.5, 0.6) is 0 Å². The zero-order valence-electron chi connectivity index (χ0n) is 8.90. The van der Waals surface area contributed by atoms with E-state index >= 15 is 0 Å². The third-order valence-electron chi connectivity index (χ3n) is 2.97. The lowest BCUT2D eigenvalue weighted by Crippen LogP contribution is -2.31. The Morgan fingerprint density at radius 2 is 2.50 bits per heavy atom. The SMILES string of the molecule is Cn1nc(Br)cc1C1NCCc2occc21. The van der Waals surface area contributed by atoms with Crippen LogP contribution in [0.3, 0.4) is 0 Å². The van der Waals surface area contributed by atoms with Crippen LogP contribution in [-0.2, 0) is 13.5 Å². The maximum absolute atomic E-state index is 5.47. The highest BCUT2D eigenvalue weighted by atomic mass is 79.9. The van der Waals surface area contributed by atoms with Crippen molar-refractivity contribution in [3.05, 3.63) is 40.0 Å². The van der Waals surface area contributed by atoms with Crippen molar-refractivity contribution in [1.29, 1.82) is 0 Å². The van der Waals surface area contributed by atoms with Crippen LogP contribution in [0, 0.1) is 0 Å². The molecular formula is C11H12BrN3O. The number of rotatable bonds is 1. The van der Waals surface area contributed by atoms with Crippen LogP contribution in [0.15, 0.2) is 27.4 Å². The number of furan rings is 1. The van der Waals surface area contributed by atoms with Crippen molar-refractivity contribution in [2.24, 2.45) is 7.05 Å². The van der Waals surface area contributed by atoms with Gasteiger partial charge in [-0.3, -0.25) is 4.68 Å². The predicted molar refractivity (Wildman–Crippen MR) is 63.2 cm³/mol. The Kier molecular flexibility index (Phi) is 2.37. The molecule has 1 unspecified atom stereocenters. The van der Waals surface area contributed by atoms with E-state index in [-0.39, 0.29) is 6.04 Å². The fourth-order valence-electron chi connectivity index (χ4n) is 2.23. The van der Waals surface area contributed by atoms with Crippen LogP contribution in [0.4, 0.5) is 0 Å². The third-order valence-corrected chi connectivity index (χ3v) is 3.36. The van der Waals surface area contributed by atoms with E-state index in [1.165, 1.54) is 5.56 Å². The number of aromatic nitrogens is 2. The van der Waals surface area contributed by atoms with Crippen molar-refractivity contribution in [2.45, 2.75) is 12.5 Å². The number of nitrogens with zero attached hydrogens (tertiary/aromatic N) is 2. The lowest BCUT2D eigenvalue weighted by Gasteiger charge is -2.23. The van der Waals surface area contributed by atoms with Gasteiger partial charge in [0.25, 0.3) is 0 Å². The molecule has 0 radical (unpaired) electrons. The van der Waals surface area contributed by atoms with E-state index in [2.05, 4.69) is 26.3 Å². The number of halogens is 1. The molecule has 1 aliphatic heterocycles. The van der Waals surface area contributed by atoms with Crippen LogP contribution in [0.25, 0.3) is 0 Å². The summed E-state index contributed by atoms with van der Waals surface area (Å²) in [6, 6.07) is 4.26. The van der Waals surface area contributed by atoms with Gasteiger partial charge in [-0.05, 0) is 28.1 Å². The summed E-state index contributed by atoms with van der Waals surface area (Å²) in [6.07, 6.45) is 2.72. The molecule has 0 spiro atoms. The highest BCUT2D eigenvalue weighted by Crippen LogP contribution is 2.30. The molecule has 2 aromatic rings. The standard InChI is InChI=1S/C11H12BrN3O/c1-15-8(6-10(12)14-15)11-7-3-5-16-9(7)2-4-13-11/h3,5-6,11,13H,2,4H2,1H3. The number of aryl methyl sites for hydroxylation is 1. The van der Waals surface area contributed by atoms with Crippen LogP contribution in [0.2, 0.25) is 0 Å². The van der Waals surface area contributed by atoms with E-state index in [9.17, 15) is 0 Å². The quantitative estimate of drug-likeness (QED) is 0.870. The molecule has 1 aliphatic rings. The van der Waals surface area contributed by atoms with E-state index in [0.717, 1.165) is 29.0 Å². The Balaban J connectivity index is 2.07. The monoisotopic (exact) mass is 281 g/mol. The first kappa shape index (κ1) is 10.1. The Hall–Kier alpha value is -1.07. The van der Waals surface area contributed by atoms with Crippen molar-refractivity contribution in [3.8, 4) is 0 Å². The maximum atomic E-state index is 5.47. The smallest absolute Gasteiger partial charge is 0.128 e. The molecular weight excluding hydrogens is 270 g/mol. The summed E-state index contributed by atoms with van der Waals surface area (Å²) in [5, 5.41) is 7.80. The zero-order valence-corrected chi connectivity index (χ0v) is 10.5. The average Bonchev–Trinajstić information content (AvgIpc) is 2.84. The molecule has 0 saturated carbocycles. The molecule has 16 heavy (non-hydrogen) atoms. The topological polar surface area (TPSA) is 43.0 Å². The van der Waals surface area contributed by atoms with Gasteiger partial charge in [0.05, 0.1) is 18.0 Å². The second-order valence-corrected chi connectivity index (χ2v) is 4.76. The van der Waals surface area contributed by atoms with Gasteiger partial charge in [0, 0.05) is 25.6 Å². The Bertz CT molecular complexity index is 517. The molecule has 4 nitrogen and oxygen atoms in total. The first-order chi connectivity index (χ1) is 7.75. The molecule has 0 bridgehead atoms. The molecule has 1 N–H and O–H groups in total. The molecule has 1 atom stereocenters. The number of nitrogens with one attached hydrogen (secondary N) is 1. The summed E-state index contributed by atoms with van der Waals surface area (Å²) >= 11 is 3.40. The molecule has 84 valence electrons. The summed E-state index contributed by atoms with van der Waals surface area (Å²) in [5.74, 6) is 1.08. The van der Waals surface area contributed by atoms with Gasteiger partial charge in [-0.25, -0.2) is 0 Å². The van der Waals surface area contributed by atoms with Gasteiger partial charge in [-0.1, -0.05) is 0 Å². The molecule has 2 aromatic heterocycles. The highest BCUT2D eigenvalue weighted by molar-refractivity contribution is 9.10. The summed E-state index contributed by atoms with van der Waals surface area (Å²) in [6.45, 7) is 0.938. The summed E-state index contributed by atoms with van der Waals surface area (Å²) in [5.41, 5.74) is 2.37. The van der Waals surface area contributed by atoms with E-state index in [4.69, 9.17) is 4.42 Å². The molecule has 3 heterocycles. The number of hydrogen-bond acceptors (Lipinski definition) is 3. The largest absolute Gasteiger partial charge is 0.469 e. The molecule has 3 rings (SSSR count). The summed E-state index contributed by atoms with van der Waals surface area (Å²) in [7, 11) is 1.95. The normalized spacial score (nSPS) is 19.8. The van der Waals surface area contributed by atoms with Gasteiger partial charge in [-0.15, -0.1) is 0 Å². The van der Waals surface area contributed by atoms with Gasteiger partial charge >= 0.3 is 0 Å². The molecule has 0 amide bonds. The molecule has 0 fully saturated rings. The second-order valence-electron chi connectivity index (χ2n) is 3.95. The first-order valence-electron chi connectivity index (χ1n) is 5.25. The zero-order chi connectivity index (χ0) is 11.1. The van der Waals surface area contributed by atoms with Gasteiger partial charge < -0.3 is 9.73 Å². The van der Waals surface area contributed by atoms with Crippen molar-refractivity contribution in [3.63, 3.8) is 0 Å². The lowest BCUT2D eigenvalue weighted by atomic mass is 9.99. The van der Waals surface area contributed by atoms with Gasteiger partial charge in [0.15, 0.2) is 0 Å². The van der Waals surface area contributed by atoms with Gasteiger partial charge in [-0.2, -0.15) is 5.10 Å². The van der Waals surface area contributed by atoms with Crippen LogP contribution in [-0.4, -0.2) is 16.3 Å². The Morgan fingerprint density at radius 3 is 3.25 bits per heavy atom. The summed E-state index contributed by atoms with van der Waals surface area (Å²) in [4.78, 5) is 0. The third kappa shape index (κ3) is 1.51. The minimum absolute atomic E-state index is 0.186. The van der Waals surface area contributed by atoms with Crippen molar-refractivity contribution >= 4 is 15.9 Å². The molecule has 5 heteroatoms. The lowest BCUT2D eigenvalue weighted by molar-refractivity contribution is 0.446. The molecule has 0 saturated heterocycles. The van der Waals surface area contributed by atoms with E-state index in [0.29, 0.717) is 0 Å². The second kappa shape index (κ2) is 3.75. The average molecular weight is 282 g/mol. The summed E-state index contributed by atoms with van der Waals surface area (Å²) < 4.78 is 8.23. The number of fused-ring (bicyclic) bond motifs is 1. The fourth-order valence-corrected chi connectivity index (χ4v) is 2.70. The predicted octanol–water partition coefficient (Wildman–Crippen LogP) is 2.01. The molecule has 0 aliphatic carbocycles. The van der Waals surface area contributed by atoms with Crippen LogP contribution < -0.4 is 5.32 Å². The maximum Gasteiger partial charge on any atom is 0.128 e. The minimum atomic E-state index is 0.186. The Morgan fingerprint density at radius 1 is 1.62 bits per heavy atom. The van der Waals surface area contributed by atoms with Crippen LogP contribution in [0.1, 0.15) is 23.1 Å². The fraction of sp³-hybridized carbons (Fsp3) is 0.364. The van der Waals surface area contributed by atoms with E-state index < -0.39 is 0 Å². The van der Waals surface area contributed by atoms with Gasteiger partial charge in [0.1, 0.15) is 10.4 Å². The van der Waals surface area contributed by atoms with Crippen LogP contribution >= 0.6 is 15.9 Å².